The van der Waals surface area contributed by atoms with Crippen LogP contribution in [0.25, 0.3) is 0 Å². The van der Waals surface area contributed by atoms with E-state index in [9.17, 15) is 4.79 Å². The van der Waals surface area contributed by atoms with Gasteiger partial charge < -0.3 is 5.32 Å². The molecule has 3 N–H and O–H groups in total. The molecule has 0 saturated carbocycles. The number of halogens is 1. The molecule has 0 aromatic rings. The molecule has 0 aliphatic carbocycles. The predicted octanol–water partition coefficient (Wildman–Crippen LogP) is 3.09. The summed E-state index contributed by atoms with van der Waals surface area (Å²) in [6, 6.07) is 0.0963. The molecule has 1 aliphatic rings. The molecular weight excluding hydrogens is 290 g/mol. The lowest BCUT2D eigenvalue weighted by atomic mass is 10.0. The second kappa shape index (κ2) is 10.4. The van der Waals surface area contributed by atoms with E-state index in [0.717, 1.165) is 23.4 Å². The molecule has 0 spiro atoms. The van der Waals surface area contributed by atoms with Crippen molar-refractivity contribution in [2.75, 3.05) is 7.05 Å². The second-order valence-corrected chi connectivity index (χ2v) is 5.03. The van der Waals surface area contributed by atoms with Crippen molar-refractivity contribution in [3.8, 4) is 0 Å². The Morgan fingerprint density at radius 1 is 1.52 bits per heavy atom. The van der Waals surface area contributed by atoms with E-state index < -0.39 is 0 Å². The Hall–Kier alpha value is -1.30. The van der Waals surface area contributed by atoms with Crippen LogP contribution in [0.3, 0.4) is 0 Å². The average molecular weight is 316 g/mol. The molecule has 0 radical (unpaired) electrons. The Balaban J connectivity index is 0.000000690. The summed E-state index contributed by atoms with van der Waals surface area (Å²) >= 11 is 6.10. The maximum absolute atomic E-state index is 9.70. The molecule has 0 aromatic carbocycles. The number of hydrogen-bond donors (Lipinski definition) is 3. The van der Waals surface area contributed by atoms with E-state index in [0.29, 0.717) is 0 Å². The van der Waals surface area contributed by atoms with Crippen LogP contribution in [-0.4, -0.2) is 29.2 Å². The fraction of sp³-hybridized carbons (Fsp3) is 0.533. The summed E-state index contributed by atoms with van der Waals surface area (Å²) in [5, 5.41) is 13.8. The van der Waals surface area contributed by atoms with Crippen LogP contribution in [0.5, 0.6) is 0 Å². The lowest BCUT2D eigenvalue weighted by Crippen LogP contribution is -2.35. The Kier molecular flexibility index (Phi) is 9.78. The predicted molar refractivity (Wildman–Crippen MR) is 86.6 cm³/mol. The highest BCUT2D eigenvalue weighted by molar-refractivity contribution is 6.31. The smallest absolute Gasteiger partial charge is 0.216 e. The number of amides is 1. The van der Waals surface area contributed by atoms with Gasteiger partial charge in [-0.3, -0.25) is 15.0 Å². The van der Waals surface area contributed by atoms with E-state index >= 15 is 0 Å². The first-order valence-electron chi connectivity index (χ1n) is 7.05. The maximum atomic E-state index is 9.70. The van der Waals surface area contributed by atoms with Gasteiger partial charge in [-0.05, 0) is 37.0 Å². The molecule has 6 heteroatoms. The van der Waals surface area contributed by atoms with Crippen LogP contribution in [0.4, 0.5) is 0 Å². The minimum Gasteiger partial charge on any atom is -0.359 e. The topological polar surface area (TPSA) is 64.6 Å². The summed E-state index contributed by atoms with van der Waals surface area (Å²) in [6.07, 6.45) is 7.70. The van der Waals surface area contributed by atoms with Gasteiger partial charge in [-0.25, -0.2) is 0 Å². The number of hydrogen-bond acceptors (Lipinski definition) is 4. The molecule has 0 saturated heterocycles. The first kappa shape index (κ1) is 19.7. The second-order valence-electron chi connectivity index (χ2n) is 4.59. The largest absolute Gasteiger partial charge is 0.359 e. The van der Waals surface area contributed by atoms with Crippen molar-refractivity contribution in [3.63, 3.8) is 0 Å². The fourth-order valence-electron chi connectivity index (χ4n) is 1.80. The van der Waals surface area contributed by atoms with Gasteiger partial charge >= 0.3 is 0 Å². The Morgan fingerprint density at radius 2 is 2.10 bits per heavy atom. The van der Waals surface area contributed by atoms with Crippen LogP contribution >= 0.6 is 11.6 Å². The minimum atomic E-state index is 0.00463. The Morgan fingerprint density at radius 3 is 2.48 bits per heavy atom. The van der Waals surface area contributed by atoms with E-state index in [1.165, 1.54) is 12.5 Å². The minimum absolute atomic E-state index is 0.00463. The molecule has 1 atom stereocenters. The molecule has 1 heterocycles. The highest BCUT2D eigenvalue weighted by Crippen LogP contribution is 2.29. The van der Waals surface area contributed by atoms with Crippen molar-refractivity contribution in [1.82, 2.24) is 15.9 Å². The van der Waals surface area contributed by atoms with Gasteiger partial charge in [0.15, 0.2) is 0 Å². The molecule has 0 fully saturated rings. The van der Waals surface area contributed by atoms with Crippen LogP contribution in [-0.2, 0) is 4.79 Å². The zero-order valence-corrected chi connectivity index (χ0v) is 14.2. The molecule has 21 heavy (non-hydrogen) atoms. The normalized spacial score (nSPS) is 20.0. The standard InChI is InChI=1S/C12H19ClN2O.C3H7NO/c1-4-6-11(13)7-12-9(3)15(14-16)8-10(12)5-2;1-3(5)4-2/h6-9,14,16H,4-5H2,1-3H3;1-2H3,(H,4,5)/b11-6+,12-7+;. The third kappa shape index (κ3) is 6.80. The van der Waals surface area contributed by atoms with Crippen molar-refractivity contribution in [3.05, 3.63) is 34.5 Å². The summed E-state index contributed by atoms with van der Waals surface area (Å²) in [5.74, 6) is 0.00463. The molecule has 1 unspecified atom stereocenters. The van der Waals surface area contributed by atoms with E-state index in [-0.39, 0.29) is 11.9 Å². The number of allylic oxidation sites excluding steroid dienone is 3. The Labute approximate surface area is 132 Å². The van der Waals surface area contributed by atoms with Gasteiger partial charge in [-0.1, -0.05) is 31.5 Å². The monoisotopic (exact) mass is 315 g/mol. The molecule has 1 rings (SSSR count). The summed E-state index contributed by atoms with van der Waals surface area (Å²) in [4.78, 5) is 9.70. The number of carbonyl (C=O) groups is 1. The first-order valence-corrected chi connectivity index (χ1v) is 7.43. The average Bonchev–Trinajstić information content (AvgIpc) is 2.76. The van der Waals surface area contributed by atoms with Gasteiger partial charge in [0.2, 0.25) is 5.91 Å². The van der Waals surface area contributed by atoms with E-state index in [1.807, 2.05) is 25.3 Å². The van der Waals surface area contributed by atoms with Crippen LogP contribution < -0.4 is 10.9 Å². The van der Waals surface area contributed by atoms with Crippen LogP contribution in [0.2, 0.25) is 0 Å². The summed E-state index contributed by atoms with van der Waals surface area (Å²) in [6.45, 7) is 7.63. The van der Waals surface area contributed by atoms with Gasteiger partial charge in [-0.15, -0.1) is 5.59 Å². The fourth-order valence-corrected chi connectivity index (χ4v) is 2.07. The quantitative estimate of drug-likeness (QED) is 0.698. The van der Waals surface area contributed by atoms with Gasteiger partial charge in [0, 0.05) is 25.2 Å². The zero-order valence-electron chi connectivity index (χ0n) is 13.4. The van der Waals surface area contributed by atoms with Crippen LogP contribution in [0.15, 0.2) is 34.5 Å². The molecule has 120 valence electrons. The number of nitrogens with zero attached hydrogens (tertiary/aromatic N) is 1. The van der Waals surface area contributed by atoms with Crippen molar-refractivity contribution >= 4 is 17.5 Å². The molecule has 0 aromatic heterocycles. The molecule has 1 aliphatic heterocycles. The number of carbonyl (C=O) groups excluding carboxylic acids is 1. The third-order valence-corrected chi connectivity index (χ3v) is 3.34. The van der Waals surface area contributed by atoms with Crippen molar-refractivity contribution in [2.45, 2.75) is 46.6 Å². The molecule has 5 nitrogen and oxygen atoms in total. The van der Waals surface area contributed by atoms with Crippen LogP contribution in [0, 0.1) is 0 Å². The highest BCUT2D eigenvalue weighted by Gasteiger charge is 2.24. The number of hydrazine groups is 1. The SMILES string of the molecule is CC/C=C(Cl)\C=C1\C(CC)=CN(NO)C1C.CNC(C)=O. The maximum Gasteiger partial charge on any atom is 0.216 e. The summed E-state index contributed by atoms with van der Waals surface area (Å²) < 4.78 is 0. The van der Waals surface area contributed by atoms with Gasteiger partial charge in [-0.2, -0.15) is 0 Å². The van der Waals surface area contributed by atoms with E-state index in [4.69, 9.17) is 16.8 Å². The third-order valence-electron chi connectivity index (χ3n) is 3.07. The molecule has 1 amide bonds. The van der Waals surface area contributed by atoms with Crippen molar-refractivity contribution in [2.24, 2.45) is 0 Å². The molecule has 0 bridgehead atoms. The van der Waals surface area contributed by atoms with Crippen molar-refractivity contribution in [1.29, 1.82) is 0 Å². The van der Waals surface area contributed by atoms with Crippen molar-refractivity contribution < 1.29 is 10.0 Å². The molecular formula is C15H26ClN3O2. The number of nitrogens with one attached hydrogen (secondary N) is 2. The van der Waals surface area contributed by atoms with E-state index in [2.05, 4.69) is 24.8 Å². The number of rotatable bonds is 4. The highest BCUT2D eigenvalue weighted by atomic mass is 35.5. The lowest BCUT2D eigenvalue weighted by Gasteiger charge is -2.20. The first-order chi connectivity index (χ1) is 9.90. The van der Waals surface area contributed by atoms with Gasteiger partial charge in [0.1, 0.15) is 0 Å². The summed E-state index contributed by atoms with van der Waals surface area (Å²) in [7, 11) is 1.60. The van der Waals surface area contributed by atoms with Gasteiger partial charge in [0.05, 0.1) is 6.04 Å². The van der Waals surface area contributed by atoms with Crippen LogP contribution in [0.1, 0.15) is 40.5 Å². The Bertz CT molecular complexity index is 431. The summed E-state index contributed by atoms with van der Waals surface area (Å²) in [5.41, 5.74) is 4.51. The lowest BCUT2D eigenvalue weighted by molar-refractivity contribution is -0.118. The zero-order chi connectivity index (χ0) is 16.4. The van der Waals surface area contributed by atoms with E-state index in [1.54, 1.807) is 12.1 Å². The van der Waals surface area contributed by atoms with Gasteiger partial charge in [0.25, 0.3) is 0 Å².